The minimum atomic E-state index is -0.439. The van der Waals surface area contributed by atoms with Crippen molar-refractivity contribution in [1.29, 1.82) is 0 Å². The Morgan fingerprint density at radius 3 is 2.80 bits per heavy atom. The topological polar surface area (TPSA) is 64.3 Å². The molecule has 0 aliphatic heterocycles. The predicted molar refractivity (Wildman–Crippen MR) is 79.1 cm³/mol. The maximum absolute atomic E-state index is 13.1. The van der Waals surface area contributed by atoms with Crippen LogP contribution in [0.2, 0.25) is 0 Å². The number of amides is 1. The molecule has 3 N–H and O–H groups in total. The summed E-state index contributed by atoms with van der Waals surface area (Å²) in [6.07, 6.45) is 0. The maximum atomic E-state index is 13.1. The molecule has 0 bridgehead atoms. The van der Waals surface area contributed by atoms with Crippen molar-refractivity contribution in [2.75, 3.05) is 17.7 Å². The molecule has 0 aliphatic carbocycles. The quantitative estimate of drug-likeness (QED) is 0.841. The van der Waals surface area contributed by atoms with Crippen LogP contribution in [0.4, 0.5) is 15.8 Å². The molecule has 0 unspecified atom stereocenters. The number of hydrogen-bond acceptors (Lipinski definition) is 3. The highest BCUT2D eigenvalue weighted by Gasteiger charge is 2.05. The second-order valence-corrected chi connectivity index (χ2v) is 4.98. The van der Waals surface area contributed by atoms with Crippen molar-refractivity contribution in [3.63, 3.8) is 0 Å². The van der Waals surface area contributed by atoms with Crippen LogP contribution in [-0.4, -0.2) is 12.5 Å². The summed E-state index contributed by atoms with van der Waals surface area (Å²) < 4.78 is 18.9. The molecule has 0 fully saturated rings. The van der Waals surface area contributed by atoms with Gasteiger partial charge in [-0.3, -0.25) is 4.79 Å². The van der Waals surface area contributed by atoms with Crippen LogP contribution in [0.3, 0.4) is 0 Å². The summed E-state index contributed by atoms with van der Waals surface area (Å²) in [4.78, 5) is 11.7. The molecule has 0 atom stereocenters. The van der Waals surface area contributed by atoms with Crippen LogP contribution in [0.5, 0.6) is 5.75 Å². The predicted octanol–water partition coefficient (Wildman–Crippen LogP) is 3.19. The number of anilines is 2. The van der Waals surface area contributed by atoms with Gasteiger partial charge < -0.3 is 15.8 Å². The number of nitrogen functional groups attached to an aromatic ring is 1. The Morgan fingerprint density at radius 2 is 2.10 bits per heavy atom. The zero-order valence-electron chi connectivity index (χ0n) is 10.4. The van der Waals surface area contributed by atoms with Gasteiger partial charge in [0.2, 0.25) is 0 Å². The first-order chi connectivity index (χ1) is 9.52. The summed E-state index contributed by atoms with van der Waals surface area (Å²) in [5.74, 6) is -0.513. The largest absolute Gasteiger partial charge is 0.484 e. The van der Waals surface area contributed by atoms with Crippen LogP contribution in [0.15, 0.2) is 46.9 Å². The van der Waals surface area contributed by atoms with Crippen molar-refractivity contribution in [2.24, 2.45) is 0 Å². The van der Waals surface area contributed by atoms with E-state index in [4.69, 9.17) is 10.5 Å². The zero-order valence-corrected chi connectivity index (χ0v) is 12.0. The van der Waals surface area contributed by atoms with Gasteiger partial charge in [0.1, 0.15) is 11.6 Å². The molecule has 2 aromatic rings. The zero-order chi connectivity index (χ0) is 14.5. The highest BCUT2D eigenvalue weighted by atomic mass is 79.9. The minimum Gasteiger partial charge on any atom is -0.484 e. The second-order valence-electron chi connectivity index (χ2n) is 4.07. The van der Waals surface area contributed by atoms with Gasteiger partial charge in [0.05, 0.1) is 0 Å². The van der Waals surface area contributed by atoms with E-state index in [1.807, 2.05) is 0 Å². The Kier molecular flexibility index (Phi) is 4.57. The Labute approximate surface area is 123 Å². The van der Waals surface area contributed by atoms with E-state index in [1.54, 1.807) is 30.3 Å². The number of halogens is 2. The highest BCUT2D eigenvalue weighted by molar-refractivity contribution is 9.10. The molecule has 0 saturated carbocycles. The lowest BCUT2D eigenvalue weighted by Crippen LogP contribution is -2.20. The summed E-state index contributed by atoms with van der Waals surface area (Å²) in [5, 5.41) is 2.63. The number of benzene rings is 2. The number of nitrogens with two attached hydrogens (primary N) is 1. The number of ether oxygens (including phenoxy) is 1. The molecular formula is C14H12BrFN2O2. The van der Waals surface area contributed by atoms with Gasteiger partial charge in [-0.2, -0.15) is 0 Å². The lowest BCUT2D eigenvalue weighted by atomic mass is 10.3. The van der Waals surface area contributed by atoms with Crippen molar-refractivity contribution in [3.05, 3.63) is 52.8 Å². The molecule has 0 radical (unpaired) electrons. The number of carbonyl (C=O) groups excluding carboxylic acids is 1. The summed E-state index contributed by atoms with van der Waals surface area (Å²) in [6.45, 7) is -0.218. The van der Waals surface area contributed by atoms with E-state index >= 15 is 0 Å². The van der Waals surface area contributed by atoms with Gasteiger partial charge in [0.25, 0.3) is 5.91 Å². The molecule has 2 rings (SSSR count). The van der Waals surface area contributed by atoms with E-state index in [-0.39, 0.29) is 18.3 Å². The van der Waals surface area contributed by atoms with Gasteiger partial charge >= 0.3 is 0 Å². The second kappa shape index (κ2) is 6.38. The first kappa shape index (κ1) is 14.3. The maximum Gasteiger partial charge on any atom is 0.262 e. The molecular weight excluding hydrogens is 327 g/mol. The molecule has 104 valence electrons. The molecule has 0 aromatic heterocycles. The van der Waals surface area contributed by atoms with Crippen molar-refractivity contribution in [3.8, 4) is 5.75 Å². The van der Waals surface area contributed by atoms with Crippen molar-refractivity contribution in [2.45, 2.75) is 0 Å². The van der Waals surface area contributed by atoms with E-state index in [1.165, 1.54) is 12.1 Å². The molecule has 1 amide bonds. The lowest BCUT2D eigenvalue weighted by Gasteiger charge is -2.08. The first-order valence-corrected chi connectivity index (χ1v) is 6.56. The smallest absolute Gasteiger partial charge is 0.262 e. The van der Waals surface area contributed by atoms with Crippen LogP contribution < -0.4 is 15.8 Å². The van der Waals surface area contributed by atoms with E-state index in [0.717, 1.165) is 0 Å². The summed E-state index contributed by atoms with van der Waals surface area (Å²) in [7, 11) is 0. The van der Waals surface area contributed by atoms with Gasteiger partial charge in [0, 0.05) is 21.9 Å². The van der Waals surface area contributed by atoms with E-state index in [2.05, 4.69) is 21.2 Å². The van der Waals surface area contributed by atoms with Gasteiger partial charge in [-0.1, -0.05) is 22.0 Å². The Hall–Kier alpha value is -2.08. The SMILES string of the molecule is Nc1cccc(NC(=O)COc2cc(F)cc(Br)c2)c1. The fraction of sp³-hybridized carbons (Fsp3) is 0.0714. The monoisotopic (exact) mass is 338 g/mol. The Bertz CT molecular complexity index is 614. The third kappa shape index (κ3) is 4.24. The summed E-state index contributed by atoms with van der Waals surface area (Å²) in [6, 6.07) is 10.9. The number of carbonyl (C=O) groups is 1. The van der Waals surface area contributed by atoms with E-state index in [9.17, 15) is 9.18 Å². The molecule has 2 aromatic carbocycles. The molecule has 4 nitrogen and oxygen atoms in total. The lowest BCUT2D eigenvalue weighted by molar-refractivity contribution is -0.118. The van der Waals surface area contributed by atoms with Crippen LogP contribution in [0.1, 0.15) is 0 Å². The molecule has 0 saturated heterocycles. The van der Waals surface area contributed by atoms with Crippen molar-refractivity contribution >= 4 is 33.2 Å². The third-order valence-corrected chi connectivity index (χ3v) is 2.83. The molecule has 6 heteroatoms. The van der Waals surface area contributed by atoms with Gasteiger partial charge in [-0.15, -0.1) is 0 Å². The van der Waals surface area contributed by atoms with Gasteiger partial charge in [-0.05, 0) is 30.3 Å². The molecule has 20 heavy (non-hydrogen) atoms. The molecule has 0 spiro atoms. The summed E-state index contributed by atoms with van der Waals surface area (Å²) >= 11 is 3.15. The Balaban J connectivity index is 1.92. The fourth-order valence-corrected chi connectivity index (χ4v) is 2.02. The number of rotatable bonds is 4. The highest BCUT2D eigenvalue weighted by Crippen LogP contribution is 2.20. The standard InChI is InChI=1S/C14H12BrFN2O2/c15-9-4-10(16)6-13(5-9)20-8-14(19)18-12-3-1-2-11(17)7-12/h1-7H,8,17H2,(H,18,19). The minimum absolute atomic E-state index is 0.218. The van der Waals surface area contributed by atoms with Gasteiger partial charge in [-0.25, -0.2) is 4.39 Å². The average Bonchev–Trinajstić information content (AvgIpc) is 2.35. The molecule has 0 heterocycles. The van der Waals surface area contributed by atoms with E-state index in [0.29, 0.717) is 15.8 Å². The van der Waals surface area contributed by atoms with Crippen LogP contribution in [0, 0.1) is 5.82 Å². The fourth-order valence-electron chi connectivity index (χ4n) is 1.57. The average molecular weight is 339 g/mol. The number of nitrogens with one attached hydrogen (secondary N) is 1. The van der Waals surface area contributed by atoms with Crippen LogP contribution in [-0.2, 0) is 4.79 Å². The first-order valence-electron chi connectivity index (χ1n) is 5.77. The summed E-state index contributed by atoms with van der Waals surface area (Å²) in [5.41, 5.74) is 6.74. The molecule has 0 aliphatic rings. The van der Waals surface area contributed by atoms with Crippen LogP contribution >= 0.6 is 15.9 Å². The normalized spacial score (nSPS) is 10.1. The van der Waals surface area contributed by atoms with Crippen molar-refractivity contribution < 1.29 is 13.9 Å². The Morgan fingerprint density at radius 1 is 1.30 bits per heavy atom. The van der Waals surface area contributed by atoms with Crippen molar-refractivity contribution in [1.82, 2.24) is 0 Å². The van der Waals surface area contributed by atoms with Crippen LogP contribution in [0.25, 0.3) is 0 Å². The van der Waals surface area contributed by atoms with E-state index < -0.39 is 5.82 Å². The third-order valence-electron chi connectivity index (χ3n) is 2.38. The van der Waals surface area contributed by atoms with Gasteiger partial charge in [0.15, 0.2) is 6.61 Å². The number of hydrogen-bond donors (Lipinski definition) is 2.